The molecule has 1 rings (SSSR count). The van der Waals surface area contributed by atoms with E-state index in [9.17, 15) is 8.78 Å². The van der Waals surface area contributed by atoms with Crippen molar-refractivity contribution in [2.24, 2.45) is 16.6 Å². The molecule has 5 heteroatoms. The van der Waals surface area contributed by atoms with Gasteiger partial charge in [-0.1, -0.05) is 13.8 Å². The molecule has 0 spiro atoms. The van der Waals surface area contributed by atoms with E-state index in [0.29, 0.717) is 18.8 Å². The summed E-state index contributed by atoms with van der Waals surface area (Å²) in [5.74, 6) is 0.100. The average molecular weight is 232 g/mol. The van der Waals surface area contributed by atoms with E-state index >= 15 is 0 Å². The van der Waals surface area contributed by atoms with Crippen molar-refractivity contribution in [1.82, 2.24) is 0 Å². The highest BCUT2D eigenvalue weighted by molar-refractivity contribution is 5.80. The number of halogens is 2. The zero-order chi connectivity index (χ0) is 12.1. The minimum absolute atomic E-state index is 0.100. The average Bonchev–Trinajstić information content (AvgIpc) is 2.06. The number of alkyl halides is 2. The largest absolute Gasteiger partial charge is 0.402 e. The fraction of sp³-hybridized carbons (Fsp3) is 0.727. The summed E-state index contributed by atoms with van der Waals surface area (Å²) < 4.78 is 29.4. The van der Waals surface area contributed by atoms with Crippen molar-refractivity contribution in [3.05, 3.63) is 11.3 Å². The van der Waals surface area contributed by atoms with E-state index in [0.717, 1.165) is 0 Å². The summed E-state index contributed by atoms with van der Waals surface area (Å²) in [6.45, 7) is 5.04. The Hall–Kier alpha value is -0.970. The van der Waals surface area contributed by atoms with Crippen LogP contribution in [0, 0.1) is 5.92 Å². The fourth-order valence-corrected chi connectivity index (χ4v) is 1.38. The lowest BCUT2D eigenvalue weighted by atomic mass is 10.0. The second kappa shape index (κ2) is 5.94. The molecular formula is C11H18F2N2O. The van der Waals surface area contributed by atoms with Gasteiger partial charge >= 0.3 is 0 Å². The normalized spacial score (nSPS) is 19.4. The SMILES string of the molecule is CC(C)/C(C=NC1COC1)=C(/N)CC(F)F. The molecule has 0 atom stereocenters. The minimum Gasteiger partial charge on any atom is -0.402 e. The molecule has 0 aromatic rings. The van der Waals surface area contributed by atoms with Crippen LogP contribution in [-0.2, 0) is 4.74 Å². The van der Waals surface area contributed by atoms with Gasteiger partial charge in [0.05, 0.1) is 19.3 Å². The van der Waals surface area contributed by atoms with Gasteiger partial charge in [-0.25, -0.2) is 8.78 Å². The lowest BCUT2D eigenvalue weighted by Crippen LogP contribution is -2.31. The van der Waals surface area contributed by atoms with Crippen LogP contribution in [0.5, 0.6) is 0 Å². The van der Waals surface area contributed by atoms with E-state index in [1.165, 1.54) is 0 Å². The first-order valence-corrected chi connectivity index (χ1v) is 5.38. The Morgan fingerprint density at radius 1 is 1.50 bits per heavy atom. The zero-order valence-corrected chi connectivity index (χ0v) is 9.62. The predicted octanol–water partition coefficient (Wildman–Crippen LogP) is 1.98. The maximum absolute atomic E-state index is 12.2. The number of nitrogens with zero attached hydrogens (tertiary/aromatic N) is 1. The molecule has 1 saturated heterocycles. The van der Waals surface area contributed by atoms with Gasteiger partial charge in [0.15, 0.2) is 0 Å². The first kappa shape index (κ1) is 13.1. The molecule has 0 bridgehead atoms. The van der Waals surface area contributed by atoms with Crippen LogP contribution in [0.2, 0.25) is 0 Å². The van der Waals surface area contributed by atoms with E-state index in [2.05, 4.69) is 4.99 Å². The lowest BCUT2D eigenvalue weighted by molar-refractivity contribution is 0.0135. The van der Waals surface area contributed by atoms with Gasteiger partial charge in [0.1, 0.15) is 0 Å². The van der Waals surface area contributed by atoms with Gasteiger partial charge in [0.2, 0.25) is 6.43 Å². The van der Waals surface area contributed by atoms with Gasteiger partial charge in [-0.15, -0.1) is 0 Å². The highest BCUT2D eigenvalue weighted by atomic mass is 19.3. The van der Waals surface area contributed by atoms with E-state index in [4.69, 9.17) is 10.5 Å². The molecule has 0 aromatic heterocycles. The van der Waals surface area contributed by atoms with Crippen LogP contribution >= 0.6 is 0 Å². The van der Waals surface area contributed by atoms with Crippen molar-refractivity contribution in [1.29, 1.82) is 0 Å². The Labute approximate surface area is 94.4 Å². The Morgan fingerprint density at radius 3 is 2.50 bits per heavy atom. The van der Waals surface area contributed by atoms with E-state index in [1.54, 1.807) is 6.21 Å². The first-order valence-electron chi connectivity index (χ1n) is 5.38. The van der Waals surface area contributed by atoms with Crippen LogP contribution < -0.4 is 5.73 Å². The number of ether oxygens (including phenoxy) is 1. The molecule has 0 amide bonds. The Balaban J connectivity index is 2.68. The van der Waals surface area contributed by atoms with E-state index in [1.807, 2.05) is 13.8 Å². The van der Waals surface area contributed by atoms with Gasteiger partial charge in [0, 0.05) is 18.3 Å². The third-order valence-electron chi connectivity index (χ3n) is 2.41. The third-order valence-corrected chi connectivity index (χ3v) is 2.41. The van der Waals surface area contributed by atoms with Crippen LogP contribution in [0.3, 0.4) is 0 Å². The van der Waals surface area contributed by atoms with Crippen molar-refractivity contribution in [3.8, 4) is 0 Å². The van der Waals surface area contributed by atoms with Crippen molar-refractivity contribution in [3.63, 3.8) is 0 Å². The summed E-state index contributed by atoms with van der Waals surface area (Å²) in [5, 5.41) is 0. The van der Waals surface area contributed by atoms with Crippen LogP contribution in [0.1, 0.15) is 20.3 Å². The van der Waals surface area contributed by atoms with Gasteiger partial charge in [-0.3, -0.25) is 4.99 Å². The van der Waals surface area contributed by atoms with Crippen LogP contribution in [0.25, 0.3) is 0 Å². The smallest absolute Gasteiger partial charge is 0.244 e. The second-order valence-electron chi connectivity index (χ2n) is 4.20. The van der Waals surface area contributed by atoms with Gasteiger partial charge in [-0.2, -0.15) is 0 Å². The van der Waals surface area contributed by atoms with Crippen molar-refractivity contribution < 1.29 is 13.5 Å². The fourth-order valence-electron chi connectivity index (χ4n) is 1.38. The predicted molar refractivity (Wildman–Crippen MR) is 59.8 cm³/mol. The van der Waals surface area contributed by atoms with Crippen molar-refractivity contribution in [2.75, 3.05) is 13.2 Å². The maximum Gasteiger partial charge on any atom is 0.244 e. The number of hydrogen-bond donors (Lipinski definition) is 1. The molecular weight excluding hydrogens is 214 g/mol. The Morgan fingerprint density at radius 2 is 2.12 bits per heavy atom. The molecule has 1 aliphatic heterocycles. The first-order chi connectivity index (χ1) is 7.50. The molecule has 92 valence electrons. The van der Waals surface area contributed by atoms with Gasteiger partial charge < -0.3 is 10.5 Å². The molecule has 0 aromatic carbocycles. The molecule has 1 heterocycles. The summed E-state index contributed by atoms with van der Waals surface area (Å²) in [6, 6.07) is 0.160. The molecule has 2 N–H and O–H groups in total. The summed E-state index contributed by atoms with van der Waals surface area (Å²) in [5.41, 5.74) is 6.57. The molecule has 16 heavy (non-hydrogen) atoms. The summed E-state index contributed by atoms with van der Waals surface area (Å²) in [7, 11) is 0. The number of aliphatic imine (C=N–C) groups is 1. The highest BCUT2D eigenvalue weighted by Gasteiger charge is 2.17. The molecule has 1 fully saturated rings. The second-order valence-corrected chi connectivity index (χ2v) is 4.20. The quantitative estimate of drug-likeness (QED) is 0.737. The van der Waals surface area contributed by atoms with Crippen LogP contribution in [-0.4, -0.2) is 31.9 Å². The van der Waals surface area contributed by atoms with Crippen LogP contribution in [0.4, 0.5) is 8.78 Å². The summed E-state index contributed by atoms with van der Waals surface area (Å²) in [4.78, 5) is 4.25. The summed E-state index contributed by atoms with van der Waals surface area (Å²) >= 11 is 0. The maximum atomic E-state index is 12.2. The monoisotopic (exact) mass is 232 g/mol. The van der Waals surface area contributed by atoms with Gasteiger partial charge in [0.25, 0.3) is 0 Å². The number of hydrogen-bond acceptors (Lipinski definition) is 3. The summed E-state index contributed by atoms with van der Waals surface area (Å²) in [6.07, 6.45) is -1.18. The zero-order valence-electron chi connectivity index (χ0n) is 9.62. The lowest BCUT2D eigenvalue weighted by Gasteiger charge is -2.22. The molecule has 1 aliphatic rings. The number of rotatable bonds is 5. The van der Waals surface area contributed by atoms with Crippen molar-refractivity contribution in [2.45, 2.75) is 32.7 Å². The number of allylic oxidation sites excluding steroid dienone is 2. The van der Waals surface area contributed by atoms with E-state index in [-0.39, 0.29) is 24.1 Å². The van der Waals surface area contributed by atoms with Gasteiger partial charge in [-0.05, 0) is 11.5 Å². The van der Waals surface area contributed by atoms with E-state index < -0.39 is 6.43 Å². The molecule has 3 nitrogen and oxygen atoms in total. The standard InChI is InChI=1S/C11H18F2N2O/c1-7(2)9(10(14)3-11(12)13)4-15-8-5-16-6-8/h4,7-8,11H,3,5-6,14H2,1-2H3/b10-9+,15-4?. The highest BCUT2D eigenvalue weighted by Crippen LogP contribution is 2.16. The Bertz CT molecular complexity index is 284. The number of nitrogens with two attached hydrogens (primary N) is 1. The Kier molecular flexibility index (Phi) is 4.86. The third kappa shape index (κ3) is 3.89. The molecule has 0 unspecified atom stereocenters. The molecule has 0 aliphatic carbocycles. The topological polar surface area (TPSA) is 47.6 Å². The van der Waals surface area contributed by atoms with Crippen molar-refractivity contribution >= 4 is 6.21 Å². The molecule has 0 radical (unpaired) electrons. The molecule has 0 saturated carbocycles. The minimum atomic E-state index is -2.41. The van der Waals surface area contributed by atoms with Crippen LogP contribution in [0.15, 0.2) is 16.3 Å².